The number of carbonyl (C=O) groups is 4. The fraction of sp³-hybridized carbons (Fsp3) is 0.390. The summed E-state index contributed by atoms with van der Waals surface area (Å²) in [7, 11) is 3.83. The molecule has 3 aromatic carbocycles. The molecule has 14 heteroatoms. The standard InChI is InChI=1S/C41H47N7O7/c1-41(2,3)55-40(54)47-24-30-22-31(47)23-46(30)39(53)48-33-21-27(38(51)52)11-16-32(33)35(37(48)50)36(26-9-7-6-8-10-26)42-28-12-14-29(15-13-28)44(5)34(49)25-45-19-17-43(4)18-20-45/h6-16,21,30-31,50H,17-20,22-25H2,1-5H3,(H,51,52)/t30-,31-/m0/s1. The summed E-state index contributed by atoms with van der Waals surface area (Å²) in [6.07, 6.45) is 0.122. The van der Waals surface area contributed by atoms with E-state index in [1.165, 1.54) is 12.1 Å². The molecule has 3 aliphatic heterocycles. The van der Waals surface area contributed by atoms with Crippen LogP contribution in [0.1, 0.15) is 48.7 Å². The number of amides is 3. The third-order valence-corrected chi connectivity index (χ3v) is 10.6. The maximum absolute atomic E-state index is 14.5. The number of hydrogen-bond donors (Lipinski definition) is 2. The van der Waals surface area contributed by atoms with Crippen LogP contribution in [-0.4, -0.2) is 142 Å². The summed E-state index contributed by atoms with van der Waals surface area (Å²) in [5.41, 5.74) is 2.02. The molecule has 2 atom stereocenters. The zero-order valence-corrected chi connectivity index (χ0v) is 31.8. The van der Waals surface area contributed by atoms with Crippen LogP contribution < -0.4 is 4.90 Å². The number of carboxylic acid groups (broad SMARTS) is 1. The fourth-order valence-corrected chi connectivity index (χ4v) is 7.60. The molecular weight excluding hydrogens is 702 g/mol. The Kier molecular flexibility index (Phi) is 10.1. The molecular formula is C41H47N7O7. The fourth-order valence-electron chi connectivity index (χ4n) is 7.60. The van der Waals surface area contributed by atoms with Crippen molar-refractivity contribution in [2.24, 2.45) is 4.99 Å². The van der Waals surface area contributed by atoms with Crippen molar-refractivity contribution in [1.82, 2.24) is 24.2 Å². The molecule has 14 nitrogen and oxygen atoms in total. The summed E-state index contributed by atoms with van der Waals surface area (Å²) in [5, 5.41) is 22.4. The molecule has 2 bridgehead atoms. The molecule has 55 heavy (non-hydrogen) atoms. The summed E-state index contributed by atoms with van der Waals surface area (Å²) < 4.78 is 6.75. The first-order valence-electron chi connectivity index (χ1n) is 18.5. The molecule has 1 aromatic heterocycles. The van der Waals surface area contributed by atoms with Gasteiger partial charge < -0.3 is 34.5 Å². The first-order valence-corrected chi connectivity index (χ1v) is 18.5. The van der Waals surface area contributed by atoms with Crippen molar-refractivity contribution >= 4 is 52.0 Å². The Morgan fingerprint density at radius 3 is 2.15 bits per heavy atom. The number of fused-ring (bicyclic) bond motifs is 3. The topological polar surface area (TPSA) is 151 Å². The quantitative estimate of drug-likeness (QED) is 0.247. The second-order valence-corrected chi connectivity index (χ2v) is 15.6. The third-order valence-electron chi connectivity index (χ3n) is 10.6. The number of piperazine rings is 2. The predicted molar refractivity (Wildman–Crippen MR) is 209 cm³/mol. The number of aromatic nitrogens is 1. The molecule has 2 N–H and O–H groups in total. The number of likely N-dealkylation sites (tertiary alicyclic amines) is 2. The highest BCUT2D eigenvalue weighted by atomic mass is 16.6. The minimum Gasteiger partial charge on any atom is -0.494 e. The van der Waals surface area contributed by atoms with E-state index in [0.29, 0.717) is 41.0 Å². The number of anilines is 1. The van der Waals surface area contributed by atoms with Crippen LogP contribution in [0.4, 0.5) is 21.0 Å². The van der Waals surface area contributed by atoms with E-state index in [1.54, 1.807) is 60.7 Å². The number of rotatable bonds is 7. The summed E-state index contributed by atoms with van der Waals surface area (Å²) in [4.78, 5) is 67.0. The van der Waals surface area contributed by atoms with Crippen molar-refractivity contribution in [1.29, 1.82) is 0 Å². The molecule has 0 aliphatic carbocycles. The van der Waals surface area contributed by atoms with Crippen LogP contribution in [-0.2, 0) is 9.53 Å². The van der Waals surface area contributed by atoms with Gasteiger partial charge in [-0.25, -0.2) is 23.9 Å². The summed E-state index contributed by atoms with van der Waals surface area (Å²) >= 11 is 0. The van der Waals surface area contributed by atoms with Gasteiger partial charge in [0.05, 0.1) is 46.7 Å². The monoisotopic (exact) mass is 749 g/mol. The molecule has 3 amide bonds. The second kappa shape index (κ2) is 14.8. The van der Waals surface area contributed by atoms with Crippen LogP contribution in [0.5, 0.6) is 5.88 Å². The van der Waals surface area contributed by atoms with Gasteiger partial charge in [-0.3, -0.25) is 9.69 Å². The molecule has 3 aliphatic rings. The van der Waals surface area contributed by atoms with Gasteiger partial charge in [0.2, 0.25) is 11.8 Å². The number of likely N-dealkylation sites (N-methyl/N-ethyl adjacent to an activating group) is 2. The number of aromatic hydroxyl groups is 1. The summed E-state index contributed by atoms with van der Waals surface area (Å²) in [6, 6.07) is 19.7. The van der Waals surface area contributed by atoms with Crippen molar-refractivity contribution in [2.45, 2.75) is 44.9 Å². The van der Waals surface area contributed by atoms with E-state index in [0.717, 1.165) is 30.7 Å². The molecule has 3 saturated heterocycles. The molecule has 0 unspecified atom stereocenters. The van der Waals surface area contributed by atoms with Crippen molar-refractivity contribution < 1.29 is 34.1 Å². The van der Waals surface area contributed by atoms with Gasteiger partial charge in [-0.2, -0.15) is 0 Å². The van der Waals surface area contributed by atoms with Gasteiger partial charge in [0, 0.05) is 63.0 Å². The molecule has 4 heterocycles. The molecule has 288 valence electrons. The molecule has 7 rings (SSSR count). The SMILES string of the molecule is CN1CCN(CC(=O)N(C)c2ccc(N=C(c3ccccc3)c3c(O)n(C(=O)N4C[C@@H]5C[C@H]4CN5C(=O)OC(C)(C)C)c4cc(C(=O)O)ccc34)cc2)CC1. The average Bonchev–Trinajstić information content (AvgIpc) is 3.85. The second-order valence-electron chi connectivity index (χ2n) is 15.6. The van der Waals surface area contributed by atoms with E-state index in [4.69, 9.17) is 9.73 Å². The number of ether oxygens (including phenoxy) is 1. The van der Waals surface area contributed by atoms with Crippen LogP contribution in [0.2, 0.25) is 0 Å². The van der Waals surface area contributed by atoms with E-state index < -0.39 is 23.7 Å². The first kappa shape index (κ1) is 37.6. The molecule has 0 spiro atoms. The summed E-state index contributed by atoms with van der Waals surface area (Å²) in [6.45, 7) is 9.77. The maximum Gasteiger partial charge on any atom is 0.410 e. The highest BCUT2D eigenvalue weighted by Gasteiger charge is 2.49. The van der Waals surface area contributed by atoms with Gasteiger partial charge in [0.25, 0.3) is 0 Å². The van der Waals surface area contributed by atoms with E-state index >= 15 is 0 Å². The Hall–Kier alpha value is -5.73. The number of carboxylic acids is 1. The highest BCUT2D eigenvalue weighted by molar-refractivity contribution is 6.23. The van der Waals surface area contributed by atoms with Gasteiger partial charge in [0.15, 0.2) is 0 Å². The van der Waals surface area contributed by atoms with Gasteiger partial charge in [-0.1, -0.05) is 36.4 Å². The maximum atomic E-state index is 14.5. The minimum absolute atomic E-state index is 0.0160. The van der Waals surface area contributed by atoms with Gasteiger partial charge >= 0.3 is 18.1 Å². The molecule has 4 aromatic rings. The van der Waals surface area contributed by atoms with Crippen LogP contribution in [0.3, 0.4) is 0 Å². The normalized spacial score (nSPS) is 19.3. The van der Waals surface area contributed by atoms with Crippen LogP contribution in [0, 0.1) is 0 Å². The number of aliphatic imine (C=N–C) groups is 1. The number of hydrogen-bond acceptors (Lipinski definition) is 9. The average molecular weight is 750 g/mol. The van der Waals surface area contributed by atoms with Crippen molar-refractivity contribution in [3.63, 3.8) is 0 Å². The molecule has 3 fully saturated rings. The number of aromatic carboxylic acids is 1. The smallest absolute Gasteiger partial charge is 0.410 e. The Bertz CT molecular complexity index is 2150. The zero-order valence-electron chi connectivity index (χ0n) is 31.8. The highest BCUT2D eigenvalue weighted by Crippen LogP contribution is 2.39. The Balaban J connectivity index is 1.23. The summed E-state index contributed by atoms with van der Waals surface area (Å²) in [5.74, 6) is -1.58. The first-order chi connectivity index (χ1) is 26.2. The Labute approximate surface area is 319 Å². The molecule has 0 radical (unpaired) electrons. The van der Waals surface area contributed by atoms with Gasteiger partial charge in [0.1, 0.15) is 5.60 Å². The van der Waals surface area contributed by atoms with E-state index in [-0.39, 0.29) is 53.6 Å². The van der Waals surface area contributed by atoms with Gasteiger partial charge in [-0.15, -0.1) is 0 Å². The largest absolute Gasteiger partial charge is 0.494 e. The van der Waals surface area contributed by atoms with Crippen LogP contribution in [0.25, 0.3) is 10.9 Å². The molecule has 0 saturated carbocycles. The van der Waals surface area contributed by atoms with Crippen molar-refractivity contribution in [2.75, 3.05) is 64.8 Å². The lowest BCUT2D eigenvalue weighted by atomic mass is 10.00. The lowest BCUT2D eigenvalue weighted by molar-refractivity contribution is -0.119. The van der Waals surface area contributed by atoms with Gasteiger partial charge in [-0.05, 0) is 70.6 Å². The third kappa shape index (κ3) is 7.64. The zero-order chi connectivity index (χ0) is 39.2. The lowest BCUT2D eigenvalue weighted by Crippen LogP contribution is -2.52. The number of carbonyl (C=O) groups excluding carboxylic acids is 3. The Morgan fingerprint density at radius 1 is 0.873 bits per heavy atom. The van der Waals surface area contributed by atoms with E-state index in [2.05, 4.69) is 16.8 Å². The van der Waals surface area contributed by atoms with Crippen LogP contribution in [0.15, 0.2) is 77.8 Å². The lowest BCUT2D eigenvalue weighted by Gasteiger charge is -2.35. The van der Waals surface area contributed by atoms with Crippen LogP contribution >= 0.6 is 0 Å². The van der Waals surface area contributed by atoms with E-state index in [1.807, 2.05) is 42.5 Å². The Morgan fingerprint density at radius 2 is 1.53 bits per heavy atom. The minimum atomic E-state index is -1.18. The van der Waals surface area contributed by atoms with Crippen molar-refractivity contribution in [3.05, 3.63) is 89.5 Å². The predicted octanol–water partition coefficient (Wildman–Crippen LogP) is 5.09. The number of nitrogens with zero attached hydrogens (tertiary/aromatic N) is 7. The van der Waals surface area contributed by atoms with E-state index in [9.17, 15) is 29.4 Å². The van der Waals surface area contributed by atoms with Crippen molar-refractivity contribution in [3.8, 4) is 5.88 Å². The number of benzene rings is 3.